The summed E-state index contributed by atoms with van der Waals surface area (Å²) in [4.78, 5) is 22.6. The van der Waals surface area contributed by atoms with Gasteiger partial charge in [0.1, 0.15) is 0 Å². The number of hydrogen-bond donors (Lipinski definition) is 0. The number of esters is 1. The summed E-state index contributed by atoms with van der Waals surface area (Å²) in [6.45, 7) is 2.03. The van der Waals surface area contributed by atoms with Crippen LogP contribution in [0.2, 0.25) is 5.02 Å². The van der Waals surface area contributed by atoms with Crippen molar-refractivity contribution in [2.75, 3.05) is 6.61 Å². The third-order valence-electron chi connectivity index (χ3n) is 2.62. The molecular formula is C14H11ClO3. The van der Waals surface area contributed by atoms with Crippen molar-refractivity contribution in [3.8, 4) is 0 Å². The van der Waals surface area contributed by atoms with Crippen molar-refractivity contribution in [1.29, 1.82) is 0 Å². The third-order valence-corrected chi connectivity index (χ3v) is 2.94. The molecule has 0 saturated heterocycles. The van der Waals surface area contributed by atoms with Crippen LogP contribution in [0.4, 0.5) is 0 Å². The van der Waals surface area contributed by atoms with Crippen LogP contribution in [0.5, 0.6) is 0 Å². The van der Waals surface area contributed by atoms with Gasteiger partial charge in [0.25, 0.3) is 0 Å². The zero-order valence-electron chi connectivity index (χ0n) is 9.77. The van der Waals surface area contributed by atoms with Crippen LogP contribution in [-0.2, 0) is 4.74 Å². The lowest BCUT2D eigenvalue weighted by Gasteiger charge is -2.07. The fourth-order valence-corrected chi connectivity index (χ4v) is 2.03. The highest BCUT2D eigenvalue weighted by Crippen LogP contribution is 2.26. The molecule has 0 unspecified atom stereocenters. The molecule has 3 nitrogen and oxygen atoms in total. The van der Waals surface area contributed by atoms with E-state index in [1.807, 2.05) is 6.07 Å². The standard InChI is InChI=1S/C14H11ClO3/c1-2-18-14(17)12-6-9-4-3-5-10(8-16)11(9)7-13(12)15/h3-8H,2H2,1H3. The first-order chi connectivity index (χ1) is 8.67. The van der Waals surface area contributed by atoms with E-state index in [2.05, 4.69) is 0 Å². The number of fused-ring (bicyclic) bond motifs is 1. The molecule has 0 radical (unpaired) electrons. The molecule has 0 heterocycles. The van der Waals surface area contributed by atoms with Crippen molar-refractivity contribution < 1.29 is 14.3 Å². The number of carbonyl (C=O) groups excluding carboxylic acids is 2. The van der Waals surface area contributed by atoms with Crippen LogP contribution in [0.1, 0.15) is 27.6 Å². The molecular weight excluding hydrogens is 252 g/mol. The molecule has 92 valence electrons. The highest BCUT2D eigenvalue weighted by molar-refractivity contribution is 6.34. The van der Waals surface area contributed by atoms with Gasteiger partial charge in [-0.2, -0.15) is 0 Å². The van der Waals surface area contributed by atoms with Crippen LogP contribution < -0.4 is 0 Å². The summed E-state index contributed by atoms with van der Waals surface area (Å²) in [7, 11) is 0. The van der Waals surface area contributed by atoms with Crippen molar-refractivity contribution in [3.63, 3.8) is 0 Å². The second-order valence-electron chi connectivity index (χ2n) is 3.74. The summed E-state index contributed by atoms with van der Waals surface area (Å²) >= 11 is 6.05. The molecule has 4 heteroatoms. The Morgan fingerprint density at radius 1 is 1.39 bits per heavy atom. The molecule has 0 aliphatic carbocycles. The highest BCUT2D eigenvalue weighted by atomic mass is 35.5. The van der Waals surface area contributed by atoms with Gasteiger partial charge in [-0.3, -0.25) is 4.79 Å². The van der Waals surface area contributed by atoms with Gasteiger partial charge >= 0.3 is 5.97 Å². The van der Waals surface area contributed by atoms with E-state index in [-0.39, 0.29) is 5.02 Å². The summed E-state index contributed by atoms with van der Waals surface area (Å²) < 4.78 is 4.92. The topological polar surface area (TPSA) is 43.4 Å². The van der Waals surface area contributed by atoms with Crippen LogP contribution in [0, 0.1) is 0 Å². The van der Waals surface area contributed by atoms with Crippen molar-refractivity contribution in [1.82, 2.24) is 0 Å². The second-order valence-corrected chi connectivity index (χ2v) is 4.15. The maximum Gasteiger partial charge on any atom is 0.339 e. The largest absolute Gasteiger partial charge is 0.462 e. The van der Waals surface area contributed by atoms with Gasteiger partial charge in [0, 0.05) is 5.56 Å². The summed E-state index contributed by atoms with van der Waals surface area (Å²) in [6, 6.07) is 8.54. The van der Waals surface area contributed by atoms with E-state index in [0.717, 1.165) is 17.1 Å². The highest BCUT2D eigenvalue weighted by Gasteiger charge is 2.13. The Morgan fingerprint density at radius 3 is 2.83 bits per heavy atom. The third kappa shape index (κ3) is 2.22. The first-order valence-corrected chi connectivity index (χ1v) is 5.89. The molecule has 2 aromatic rings. The summed E-state index contributed by atoms with van der Waals surface area (Å²) in [5, 5.41) is 1.80. The van der Waals surface area contributed by atoms with Gasteiger partial charge in [-0.25, -0.2) is 4.79 Å². The predicted octanol–water partition coefficient (Wildman–Crippen LogP) is 3.48. The molecule has 0 saturated carbocycles. The number of hydrogen-bond acceptors (Lipinski definition) is 3. The normalized spacial score (nSPS) is 10.3. The van der Waals surface area contributed by atoms with Gasteiger partial charge in [-0.05, 0) is 29.8 Å². The lowest BCUT2D eigenvalue weighted by molar-refractivity contribution is 0.0526. The lowest BCUT2D eigenvalue weighted by atomic mass is 10.0. The molecule has 0 bridgehead atoms. The Morgan fingerprint density at radius 2 is 2.17 bits per heavy atom. The monoisotopic (exact) mass is 262 g/mol. The van der Waals surface area contributed by atoms with Gasteiger partial charge in [0.2, 0.25) is 0 Å². The summed E-state index contributed by atoms with van der Waals surface area (Å²) in [5.41, 5.74) is 0.860. The fraction of sp³-hybridized carbons (Fsp3) is 0.143. The Balaban J connectivity index is 2.63. The van der Waals surface area contributed by atoms with Crippen molar-refractivity contribution in [3.05, 3.63) is 46.5 Å². The van der Waals surface area contributed by atoms with E-state index in [9.17, 15) is 9.59 Å². The first kappa shape index (κ1) is 12.6. The molecule has 0 aromatic heterocycles. The lowest BCUT2D eigenvalue weighted by Crippen LogP contribution is -2.05. The SMILES string of the molecule is CCOC(=O)c1cc2cccc(C=O)c2cc1Cl. The number of rotatable bonds is 3. The van der Waals surface area contributed by atoms with Crippen LogP contribution in [-0.4, -0.2) is 18.9 Å². The summed E-state index contributed by atoms with van der Waals surface area (Å²) in [5.74, 6) is -0.457. The van der Waals surface area contributed by atoms with Gasteiger partial charge in [-0.1, -0.05) is 29.8 Å². The van der Waals surface area contributed by atoms with Crippen LogP contribution >= 0.6 is 11.6 Å². The molecule has 0 spiro atoms. The second kappa shape index (κ2) is 5.19. The van der Waals surface area contributed by atoms with E-state index in [1.165, 1.54) is 0 Å². The molecule has 0 atom stereocenters. The maximum absolute atomic E-state index is 11.7. The molecule has 0 N–H and O–H groups in total. The first-order valence-electron chi connectivity index (χ1n) is 5.52. The van der Waals surface area contributed by atoms with Crippen LogP contribution in [0.15, 0.2) is 30.3 Å². The van der Waals surface area contributed by atoms with Gasteiger partial charge in [0.15, 0.2) is 6.29 Å². The zero-order valence-corrected chi connectivity index (χ0v) is 10.5. The van der Waals surface area contributed by atoms with Crippen LogP contribution in [0.3, 0.4) is 0 Å². The fourth-order valence-electron chi connectivity index (χ4n) is 1.79. The van der Waals surface area contributed by atoms with Crippen molar-refractivity contribution in [2.24, 2.45) is 0 Å². The number of ether oxygens (including phenoxy) is 1. The Bertz CT molecular complexity index is 620. The predicted molar refractivity (Wildman–Crippen MR) is 70.3 cm³/mol. The zero-order chi connectivity index (χ0) is 13.1. The Hall–Kier alpha value is -1.87. The molecule has 2 aromatic carbocycles. The maximum atomic E-state index is 11.7. The average molecular weight is 263 g/mol. The molecule has 18 heavy (non-hydrogen) atoms. The average Bonchev–Trinajstić information content (AvgIpc) is 2.37. The quantitative estimate of drug-likeness (QED) is 0.628. The van der Waals surface area contributed by atoms with E-state index < -0.39 is 5.97 Å². The molecule has 0 aliphatic heterocycles. The van der Waals surface area contributed by atoms with E-state index >= 15 is 0 Å². The number of carbonyl (C=O) groups is 2. The van der Waals surface area contributed by atoms with E-state index in [0.29, 0.717) is 17.7 Å². The van der Waals surface area contributed by atoms with Crippen molar-refractivity contribution >= 4 is 34.6 Å². The minimum atomic E-state index is -0.457. The Kier molecular flexibility index (Phi) is 3.63. The molecule has 0 amide bonds. The Labute approximate surface area is 109 Å². The number of benzene rings is 2. The summed E-state index contributed by atoms with van der Waals surface area (Å²) in [6.07, 6.45) is 0.767. The molecule has 0 fully saturated rings. The van der Waals surface area contributed by atoms with Crippen molar-refractivity contribution in [2.45, 2.75) is 6.92 Å². The number of aldehydes is 1. The molecule has 0 aliphatic rings. The van der Waals surface area contributed by atoms with Gasteiger partial charge in [-0.15, -0.1) is 0 Å². The van der Waals surface area contributed by atoms with Gasteiger partial charge < -0.3 is 4.74 Å². The minimum absolute atomic E-state index is 0.287. The molecule has 2 rings (SSSR count). The van der Waals surface area contributed by atoms with E-state index in [4.69, 9.17) is 16.3 Å². The van der Waals surface area contributed by atoms with Crippen LogP contribution in [0.25, 0.3) is 10.8 Å². The smallest absolute Gasteiger partial charge is 0.339 e. The number of halogens is 1. The van der Waals surface area contributed by atoms with Gasteiger partial charge in [0.05, 0.1) is 17.2 Å². The minimum Gasteiger partial charge on any atom is -0.462 e. The van der Waals surface area contributed by atoms with E-state index in [1.54, 1.807) is 31.2 Å².